The molecule has 3 rings (SSSR count). The molecule has 0 fully saturated rings. The molecule has 0 aliphatic carbocycles. The third-order valence-corrected chi connectivity index (χ3v) is 5.85. The van der Waals surface area contributed by atoms with Gasteiger partial charge < -0.3 is 14.8 Å². The Morgan fingerprint density at radius 3 is 2.70 bits per heavy atom. The van der Waals surface area contributed by atoms with Crippen molar-refractivity contribution in [3.8, 4) is 5.75 Å². The summed E-state index contributed by atoms with van der Waals surface area (Å²) in [6, 6.07) is 10.6. The van der Waals surface area contributed by atoms with Crippen LogP contribution in [0.25, 0.3) is 11.1 Å². The van der Waals surface area contributed by atoms with E-state index in [0.29, 0.717) is 11.1 Å². The number of nitrogens with one attached hydrogen (secondary N) is 1. The molecule has 3 aromatic rings. The van der Waals surface area contributed by atoms with Crippen LogP contribution in [0.4, 0.5) is 5.69 Å². The maximum Gasteiger partial charge on any atom is 0.419 e. The van der Waals surface area contributed by atoms with Gasteiger partial charge in [-0.2, -0.15) is 0 Å². The van der Waals surface area contributed by atoms with Crippen molar-refractivity contribution in [2.24, 2.45) is 0 Å². The molecule has 27 heavy (non-hydrogen) atoms. The number of anilines is 1. The minimum absolute atomic E-state index is 0.000997. The van der Waals surface area contributed by atoms with Crippen LogP contribution < -0.4 is 11.1 Å². The molecule has 2 N–H and O–H groups in total. The summed E-state index contributed by atoms with van der Waals surface area (Å²) in [6.45, 7) is 1.59. The zero-order valence-electron chi connectivity index (χ0n) is 14.5. The van der Waals surface area contributed by atoms with Gasteiger partial charge in [-0.05, 0) is 30.3 Å². The summed E-state index contributed by atoms with van der Waals surface area (Å²) in [7, 11) is -3.47. The van der Waals surface area contributed by atoms with Crippen LogP contribution in [0, 0.1) is 0 Å². The molecular formula is C18H18N2O6S. The molecule has 0 bridgehead atoms. The highest BCUT2D eigenvalue weighted by atomic mass is 32.2. The van der Waals surface area contributed by atoms with Crippen molar-refractivity contribution in [1.29, 1.82) is 0 Å². The van der Waals surface area contributed by atoms with Gasteiger partial charge in [0.2, 0.25) is 5.91 Å². The number of sulfone groups is 1. The first kappa shape index (κ1) is 18.7. The molecule has 1 aromatic heterocycles. The Bertz CT molecular complexity index is 1160. The van der Waals surface area contributed by atoms with Crippen LogP contribution >= 0.6 is 0 Å². The number of aryl methyl sites for hydroxylation is 1. The fourth-order valence-electron chi connectivity index (χ4n) is 2.63. The minimum atomic E-state index is -3.47. The molecule has 0 atom stereocenters. The van der Waals surface area contributed by atoms with E-state index < -0.39 is 21.5 Å². The topological polar surface area (TPSA) is 119 Å². The number of phenolic OH excluding ortho intramolecular Hbond substituents is 1. The molecule has 0 unspecified atom stereocenters. The highest BCUT2D eigenvalue weighted by Crippen LogP contribution is 2.27. The third kappa shape index (κ3) is 3.87. The van der Waals surface area contributed by atoms with Gasteiger partial charge in [0.05, 0.1) is 21.9 Å². The number of nitrogens with zero attached hydrogens (tertiary/aromatic N) is 1. The zero-order chi connectivity index (χ0) is 19.6. The average molecular weight is 390 g/mol. The summed E-state index contributed by atoms with van der Waals surface area (Å²) in [5.74, 6) is -1.39. The number of aromatic hydroxyl groups is 1. The zero-order valence-corrected chi connectivity index (χ0v) is 15.3. The summed E-state index contributed by atoms with van der Waals surface area (Å²) < 4.78 is 30.3. The second-order valence-electron chi connectivity index (χ2n) is 5.87. The predicted octanol–water partition coefficient (Wildman–Crippen LogP) is 2.12. The summed E-state index contributed by atoms with van der Waals surface area (Å²) in [5.41, 5.74) is 1.01. The molecule has 0 saturated carbocycles. The van der Waals surface area contributed by atoms with E-state index in [2.05, 4.69) is 5.32 Å². The lowest BCUT2D eigenvalue weighted by Gasteiger charge is -2.10. The summed E-state index contributed by atoms with van der Waals surface area (Å²) in [4.78, 5) is 24.1. The van der Waals surface area contributed by atoms with E-state index in [1.54, 1.807) is 24.3 Å². The molecule has 0 radical (unpaired) electrons. The molecule has 2 aromatic carbocycles. The SMILES string of the molecule is CCS(=O)(=O)c1ccc(O)c(NC(=O)CCn2c(=O)oc3ccccc32)c1. The predicted molar refractivity (Wildman–Crippen MR) is 99.6 cm³/mol. The molecule has 0 aliphatic heterocycles. The number of carbonyl (C=O) groups excluding carboxylic acids is 1. The molecule has 142 valence electrons. The van der Waals surface area contributed by atoms with Gasteiger partial charge in [0.25, 0.3) is 0 Å². The maximum absolute atomic E-state index is 12.2. The summed E-state index contributed by atoms with van der Waals surface area (Å²) >= 11 is 0. The van der Waals surface area contributed by atoms with Gasteiger partial charge in [-0.15, -0.1) is 0 Å². The van der Waals surface area contributed by atoms with Crippen molar-refractivity contribution in [1.82, 2.24) is 4.57 Å². The number of aromatic nitrogens is 1. The number of benzene rings is 2. The van der Waals surface area contributed by atoms with Crippen molar-refractivity contribution in [3.63, 3.8) is 0 Å². The molecule has 1 amide bonds. The molecular weight excluding hydrogens is 372 g/mol. The van der Waals surface area contributed by atoms with E-state index >= 15 is 0 Å². The smallest absolute Gasteiger partial charge is 0.419 e. The standard InChI is InChI=1S/C18H18N2O6S/c1-2-27(24,25)12-7-8-15(21)13(11-12)19-17(22)9-10-20-14-5-3-4-6-16(14)26-18(20)23/h3-8,11,21H,2,9-10H2,1H3,(H,19,22). The van der Waals surface area contributed by atoms with E-state index in [-0.39, 0.29) is 35.1 Å². The molecule has 0 aliphatic rings. The number of para-hydroxylation sites is 2. The minimum Gasteiger partial charge on any atom is -0.506 e. The Hall–Kier alpha value is -3.07. The number of phenols is 1. The molecule has 8 nitrogen and oxygen atoms in total. The lowest BCUT2D eigenvalue weighted by Crippen LogP contribution is -2.20. The average Bonchev–Trinajstić information content (AvgIpc) is 2.96. The Balaban J connectivity index is 1.75. The van der Waals surface area contributed by atoms with Crippen molar-refractivity contribution >= 4 is 32.5 Å². The fraction of sp³-hybridized carbons (Fsp3) is 0.222. The van der Waals surface area contributed by atoms with Gasteiger partial charge in [0.15, 0.2) is 15.4 Å². The number of rotatable bonds is 6. The Morgan fingerprint density at radius 2 is 1.96 bits per heavy atom. The molecule has 1 heterocycles. The van der Waals surface area contributed by atoms with E-state index in [1.165, 1.54) is 29.7 Å². The maximum atomic E-state index is 12.2. The van der Waals surface area contributed by atoms with E-state index in [0.717, 1.165) is 0 Å². The summed E-state index contributed by atoms with van der Waals surface area (Å²) in [5, 5.41) is 12.4. The van der Waals surface area contributed by atoms with Crippen LogP contribution in [0.5, 0.6) is 5.75 Å². The highest BCUT2D eigenvalue weighted by Gasteiger charge is 2.16. The number of hydrogen-bond donors (Lipinski definition) is 2. The lowest BCUT2D eigenvalue weighted by atomic mass is 10.2. The summed E-state index contributed by atoms with van der Waals surface area (Å²) in [6.07, 6.45) is -0.0619. The molecule has 0 spiro atoms. The lowest BCUT2D eigenvalue weighted by molar-refractivity contribution is -0.116. The van der Waals surface area contributed by atoms with Gasteiger partial charge in [0, 0.05) is 13.0 Å². The number of hydrogen-bond acceptors (Lipinski definition) is 6. The van der Waals surface area contributed by atoms with Gasteiger partial charge >= 0.3 is 5.76 Å². The monoisotopic (exact) mass is 390 g/mol. The Kier molecular flexibility index (Phi) is 5.04. The van der Waals surface area contributed by atoms with Crippen molar-refractivity contribution in [3.05, 3.63) is 53.0 Å². The fourth-order valence-corrected chi connectivity index (χ4v) is 3.53. The Labute approximate surface area is 155 Å². The van der Waals surface area contributed by atoms with Gasteiger partial charge in [0.1, 0.15) is 5.75 Å². The molecule has 9 heteroatoms. The normalized spacial score (nSPS) is 11.6. The number of amides is 1. The van der Waals surface area contributed by atoms with Crippen LogP contribution in [0.2, 0.25) is 0 Å². The van der Waals surface area contributed by atoms with Crippen LogP contribution in [0.3, 0.4) is 0 Å². The molecule has 0 saturated heterocycles. The van der Waals surface area contributed by atoms with Crippen LogP contribution in [0.15, 0.2) is 56.6 Å². The van der Waals surface area contributed by atoms with E-state index in [1.807, 2.05) is 0 Å². The largest absolute Gasteiger partial charge is 0.506 e. The van der Waals surface area contributed by atoms with Crippen LogP contribution in [-0.4, -0.2) is 29.8 Å². The second kappa shape index (κ2) is 7.28. The van der Waals surface area contributed by atoms with Gasteiger partial charge in [-0.25, -0.2) is 13.2 Å². The highest BCUT2D eigenvalue weighted by molar-refractivity contribution is 7.91. The quantitative estimate of drug-likeness (QED) is 0.623. The third-order valence-electron chi connectivity index (χ3n) is 4.12. The number of carbonyl (C=O) groups is 1. The first-order valence-electron chi connectivity index (χ1n) is 8.26. The van der Waals surface area contributed by atoms with Crippen LogP contribution in [0.1, 0.15) is 13.3 Å². The first-order valence-corrected chi connectivity index (χ1v) is 9.91. The van der Waals surface area contributed by atoms with Gasteiger partial charge in [-0.1, -0.05) is 19.1 Å². The second-order valence-corrected chi connectivity index (χ2v) is 8.15. The van der Waals surface area contributed by atoms with Crippen LogP contribution in [-0.2, 0) is 21.2 Å². The number of fused-ring (bicyclic) bond motifs is 1. The Morgan fingerprint density at radius 1 is 1.22 bits per heavy atom. The van der Waals surface area contributed by atoms with E-state index in [9.17, 15) is 23.1 Å². The van der Waals surface area contributed by atoms with Gasteiger partial charge in [-0.3, -0.25) is 9.36 Å². The number of oxazole rings is 1. The van der Waals surface area contributed by atoms with Crippen molar-refractivity contribution < 1.29 is 22.7 Å². The van der Waals surface area contributed by atoms with Crippen molar-refractivity contribution in [2.75, 3.05) is 11.1 Å². The van der Waals surface area contributed by atoms with Crippen molar-refractivity contribution in [2.45, 2.75) is 24.8 Å². The first-order chi connectivity index (χ1) is 12.8. The van der Waals surface area contributed by atoms with E-state index in [4.69, 9.17) is 4.42 Å².